The molecule has 1 fully saturated rings. The molecule has 0 radical (unpaired) electrons. The molecule has 0 amide bonds. The van der Waals surface area contributed by atoms with Gasteiger partial charge in [-0.1, -0.05) is 63.9 Å². The van der Waals surface area contributed by atoms with Crippen LogP contribution in [0.2, 0.25) is 0 Å². The third kappa shape index (κ3) is 10.5. The molecule has 0 saturated heterocycles. The van der Waals surface area contributed by atoms with Gasteiger partial charge in [0.05, 0.1) is 12.8 Å². The van der Waals surface area contributed by atoms with Gasteiger partial charge in [-0.25, -0.2) is 0 Å². The Morgan fingerprint density at radius 1 is 1.06 bits per heavy atom. The van der Waals surface area contributed by atoms with Crippen molar-refractivity contribution < 1.29 is 6.16 Å². The molecular formula is C29H47N5O. The summed E-state index contributed by atoms with van der Waals surface area (Å²) in [6.07, 6.45) is 10.2. The predicted molar refractivity (Wildman–Crippen MR) is 154 cm³/mol. The van der Waals surface area contributed by atoms with Crippen LogP contribution in [0.15, 0.2) is 46.5 Å². The first-order valence-electron chi connectivity index (χ1n) is 13.5. The lowest BCUT2D eigenvalue weighted by Crippen LogP contribution is -2.25. The van der Waals surface area contributed by atoms with Crippen LogP contribution < -0.4 is 15.1 Å². The zero-order valence-electron chi connectivity index (χ0n) is 22.5. The minimum atomic E-state index is 0. The SMILES string of the molecule is CC.CCCN(CCC)c1cc(N/N=C/c2cccc(C)c2)nc(OCCN=C2CCCCC2)c1.[HH]. The van der Waals surface area contributed by atoms with Crippen molar-refractivity contribution in [2.45, 2.75) is 79.6 Å². The Bertz CT molecular complexity index is 918. The van der Waals surface area contributed by atoms with Gasteiger partial charge in [0.25, 0.3) is 0 Å². The largest absolute Gasteiger partial charge is 0.476 e. The highest BCUT2D eigenvalue weighted by Crippen LogP contribution is 2.25. The van der Waals surface area contributed by atoms with Crippen molar-refractivity contribution >= 4 is 23.4 Å². The Labute approximate surface area is 214 Å². The Morgan fingerprint density at radius 2 is 1.80 bits per heavy atom. The maximum Gasteiger partial charge on any atom is 0.217 e. The first-order valence-corrected chi connectivity index (χ1v) is 13.5. The molecule has 0 bridgehead atoms. The van der Waals surface area contributed by atoms with Gasteiger partial charge >= 0.3 is 0 Å². The summed E-state index contributed by atoms with van der Waals surface area (Å²) in [5, 5.41) is 4.41. The molecule has 0 atom stereocenters. The maximum absolute atomic E-state index is 6.03. The van der Waals surface area contributed by atoms with Gasteiger partial charge in [0.1, 0.15) is 6.61 Å². The van der Waals surface area contributed by atoms with Crippen LogP contribution in [0.5, 0.6) is 5.88 Å². The van der Waals surface area contributed by atoms with Gasteiger partial charge in [0.15, 0.2) is 5.82 Å². The standard InChI is InChI=1S/C27H39N5O.C2H6.H2/c1-4-15-32(16-5-2)25-19-26(31-29-21-23-11-9-10-22(3)18-23)30-27(20-25)33-17-14-28-24-12-7-6-8-13-24;1-2;/h9-11,18-21H,4-8,12-17H2,1-3H3,(H,30,31);1-2H3;1H/b29-21+;;. The van der Waals surface area contributed by atoms with Crippen LogP contribution in [0.3, 0.4) is 0 Å². The van der Waals surface area contributed by atoms with Crippen molar-refractivity contribution in [1.82, 2.24) is 4.98 Å². The molecule has 1 aliphatic rings. The number of aromatic nitrogens is 1. The molecule has 2 aromatic rings. The van der Waals surface area contributed by atoms with E-state index in [9.17, 15) is 0 Å². The molecule has 3 rings (SSSR count). The lowest BCUT2D eigenvalue weighted by atomic mass is 9.99. The molecule has 1 heterocycles. The van der Waals surface area contributed by atoms with Gasteiger partial charge < -0.3 is 9.64 Å². The molecule has 1 saturated carbocycles. The van der Waals surface area contributed by atoms with E-state index in [-0.39, 0.29) is 1.43 Å². The van der Waals surface area contributed by atoms with Crippen LogP contribution in [-0.4, -0.2) is 43.2 Å². The number of hydrogen-bond donors (Lipinski definition) is 1. The molecule has 6 nitrogen and oxygen atoms in total. The number of aliphatic imine (C=N–C) groups is 1. The fraction of sp³-hybridized carbons (Fsp3) is 0.552. The van der Waals surface area contributed by atoms with E-state index in [0.717, 1.165) is 50.0 Å². The molecular weight excluding hydrogens is 434 g/mol. The fourth-order valence-electron chi connectivity index (χ4n) is 4.11. The minimum absolute atomic E-state index is 0. The number of hydrogen-bond acceptors (Lipinski definition) is 6. The van der Waals surface area contributed by atoms with Crippen LogP contribution in [0.1, 0.15) is 85.2 Å². The second-order valence-electron chi connectivity index (χ2n) is 8.68. The van der Waals surface area contributed by atoms with Gasteiger partial charge in [-0.3, -0.25) is 10.4 Å². The second kappa shape index (κ2) is 16.7. The third-order valence-corrected chi connectivity index (χ3v) is 5.68. The van der Waals surface area contributed by atoms with E-state index in [0.29, 0.717) is 24.8 Å². The van der Waals surface area contributed by atoms with E-state index < -0.39 is 0 Å². The average molecular weight is 482 g/mol. The van der Waals surface area contributed by atoms with Crippen molar-refractivity contribution in [2.24, 2.45) is 10.1 Å². The molecule has 1 aliphatic carbocycles. The number of nitrogens with zero attached hydrogens (tertiary/aromatic N) is 4. The fourth-order valence-corrected chi connectivity index (χ4v) is 4.11. The van der Waals surface area contributed by atoms with Crippen molar-refractivity contribution in [3.05, 3.63) is 47.5 Å². The van der Waals surface area contributed by atoms with Gasteiger partial charge in [0.2, 0.25) is 5.88 Å². The molecule has 0 spiro atoms. The summed E-state index contributed by atoms with van der Waals surface area (Å²) in [5.41, 5.74) is 7.81. The number of pyridine rings is 1. The van der Waals surface area contributed by atoms with Crippen molar-refractivity contribution in [2.75, 3.05) is 36.6 Å². The van der Waals surface area contributed by atoms with Crippen molar-refractivity contribution in [3.8, 4) is 5.88 Å². The highest BCUT2D eigenvalue weighted by molar-refractivity contribution is 5.85. The molecule has 1 N–H and O–H groups in total. The van der Waals surface area contributed by atoms with Crippen molar-refractivity contribution in [3.63, 3.8) is 0 Å². The summed E-state index contributed by atoms with van der Waals surface area (Å²) in [4.78, 5) is 11.8. The summed E-state index contributed by atoms with van der Waals surface area (Å²) in [6, 6.07) is 12.3. The summed E-state index contributed by atoms with van der Waals surface area (Å²) in [7, 11) is 0. The van der Waals surface area contributed by atoms with Gasteiger partial charge in [0, 0.05) is 38.0 Å². The number of benzene rings is 1. The topological polar surface area (TPSA) is 62.1 Å². The molecule has 1 aromatic heterocycles. The second-order valence-corrected chi connectivity index (χ2v) is 8.68. The number of hydrazone groups is 1. The smallest absolute Gasteiger partial charge is 0.217 e. The Kier molecular flexibility index (Phi) is 13.5. The van der Waals surface area contributed by atoms with E-state index in [4.69, 9.17) is 9.73 Å². The zero-order valence-corrected chi connectivity index (χ0v) is 22.5. The Morgan fingerprint density at radius 3 is 2.49 bits per heavy atom. The monoisotopic (exact) mass is 481 g/mol. The Hall–Kier alpha value is -2.89. The summed E-state index contributed by atoms with van der Waals surface area (Å²) in [5.74, 6) is 1.30. The van der Waals surface area contributed by atoms with Gasteiger partial charge in [-0.05, 0) is 51.0 Å². The number of anilines is 2. The summed E-state index contributed by atoms with van der Waals surface area (Å²) in [6.45, 7) is 13.7. The molecule has 0 unspecified atom stereocenters. The maximum atomic E-state index is 6.03. The predicted octanol–water partition coefficient (Wildman–Crippen LogP) is 7.52. The number of aryl methyl sites for hydroxylation is 1. The van der Waals surface area contributed by atoms with Crippen LogP contribution >= 0.6 is 0 Å². The van der Waals surface area contributed by atoms with E-state index in [2.05, 4.69) is 53.3 Å². The highest BCUT2D eigenvalue weighted by atomic mass is 16.5. The first kappa shape index (κ1) is 28.3. The normalized spacial score (nSPS) is 13.2. The lowest BCUT2D eigenvalue weighted by molar-refractivity contribution is 0.316. The third-order valence-electron chi connectivity index (χ3n) is 5.68. The van der Waals surface area contributed by atoms with Gasteiger partial charge in [-0.2, -0.15) is 10.1 Å². The average Bonchev–Trinajstić information content (AvgIpc) is 2.88. The number of rotatable bonds is 12. The van der Waals surface area contributed by atoms with Crippen LogP contribution in [0.25, 0.3) is 0 Å². The molecule has 1 aromatic carbocycles. The van der Waals surface area contributed by atoms with E-state index in [1.165, 1.54) is 30.5 Å². The van der Waals surface area contributed by atoms with Crippen molar-refractivity contribution in [1.29, 1.82) is 0 Å². The Balaban J connectivity index is 0.00000211. The molecule has 0 aliphatic heterocycles. The van der Waals surface area contributed by atoms with E-state index >= 15 is 0 Å². The highest BCUT2D eigenvalue weighted by Gasteiger charge is 2.11. The first-order chi connectivity index (χ1) is 17.2. The molecule has 35 heavy (non-hydrogen) atoms. The molecule has 6 heteroatoms. The zero-order chi connectivity index (χ0) is 25.3. The summed E-state index contributed by atoms with van der Waals surface area (Å²) >= 11 is 0. The lowest BCUT2D eigenvalue weighted by Gasteiger charge is -2.24. The quantitative estimate of drug-likeness (QED) is 0.193. The van der Waals surface area contributed by atoms with E-state index in [1.54, 1.807) is 0 Å². The molecule has 194 valence electrons. The van der Waals surface area contributed by atoms with Gasteiger partial charge in [-0.15, -0.1) is 0 Å². The number of nitrogens with one attached hydrogen (secondary N) is 1. The number of ether oxygens (including phenoxy) is 1. The van der Waals surface area contributed by atoms with Crippen LogP contribution in [0.4, 0.5) is 11.5 Å². The van der Waals surface area contributed by atoms with Crippen LogP contribution in [-0.2, 0) is 0 Å². The van der Waals surface area contributed by atoms with E-state index in [1.807, 2.05) is 44.3 Å². The van der Waals surface area contributed by atoms with Crippen LogP contribution in [0, 0.1) is 6.92 Å². The summed E-state index contributed by atoms with van der Waals surface area (Å²) < 4.78 is 6.03. The minimum Gasteiger partial charge on any atom is -0.476 e.